The Hall–Kier alpha value is -2.82. The van der Waals surface area contributed by atoms with Crippen LogP contribution in [-0.2, 0) is 15.7 Å². The van der Waals surface area contributed by atoms with Crippen LogP contribution in [0.3, 0.4) is 0 Å². The number of benzene rings is 1. The van der Waals surface area contributed by atoms with Crippen LogP contribution in [0.15, 0.2) is 40.7 Å². The van der Waals surface area contributed by atoms with Crippen molar-refractivity contribution in [3.8, 4) is 6.07 Å². The summed E-state index contributed by atoms with van der Waals surface area (Å²) in [6, 6.07) is 4.20. The molecule has 1 aliphatic rings. The van der Waals surface area contributed by atoms with Crippen molar-refractivity contribution in [2.45, 2.75) is 59.6 Å². The van der Waals surface area contributed by atoms with E-state index in [1.807, 2.05) is 33.8 Å². The van der Waals surface area contributed by atoms with Gasteiger partial charge in [-0.25, -0.2) is 9.18 Å². The number of carbonyl (C=O) groups is 1. The fourth-order valence-electron chi connectivity index (χ4n) is 3.43. The summed E-state index contributed by atoms with van der Waals surface area (Å²) in [6.45, 7) is 9.02. The average molecular weight is 438 g/mol. The van der Waals surface area contributed by atoms with Gasteiger partial charge in [-0.3, -0.25) is 0 Å². The number of hydrogen-bond donors (Lipinski definition) is 1. The second-order valence-electron chi connectivity index (χ2n) is 8.72. The van der Waals surface area contributed by atoms with Crippen molar-refractivity contribution in [2.75, 3.05) is 6.61 Å². The molecular formula is C23H26F4N2O2. The Morgan fingerprint density at radius 2 is 1.90 bits per heavy atom. The fourth-order valence-corrected chi connectivity index (χ4v) is 3.43. The Labute approximate surface area is 179 Å². The zero-order chi connectivity index (χ0) is 23.6. The number of nitrogens with zero attached hydrogens (tertiary/aromatic N) is 1. The molecule has 2 rings (SSSR count). The van der Waals surface area contributed by atoms with E-state index in [1.165, 1.54) is 0 Å². The molecule has 4 nitrogen and oxygen atoms in total. The Bertz CT molecular complexity index is 963. The van der Waals surface area contributed by atoms with E-state index in [0.717, 1.165) is 12.1 Å². The number of ether oxygens (including phenoxy) is 1. The van der Waals surface area contributed by atoms with Crippen LogP contribution in [0, 0.1) is 22.6 Å². The molecule has 0 bridgehead atoms. The molecule has 1 aliphatic heterocycles. The van der Waals surface area contributed by atoms with Crippen molar-refractivity contribution < 1.29 is 27.1 Å². The summed E-state index contributed by atoms with van der Waals surface area (Å²) in [5, 5.41) is 12.7. The van der Waals surface area contributed by atoms with Crippen LogP contribution >= 0.6 is 0 Å². The maximum atomic E-state index is 13.8. The van der Waals surface area contributed by atoms with E-state index < -0.39 is 29.4 Å². The van der Waals surface area contributed by atoms with Crippen LogP contribution in [0.1, 0.15) is 64.5 Å². The number of rotatable bonds is 5. The normalized spacial score (nSPS) is 17.4. The lowest BCUT2D eigenvalue weighted by atomic mass is 9.78. The molecule has 168 valence electrons. The molecule has 0 amide bonds. The van der Waals surface area contributed by atoms with Crippen molar-refractivity contribution in [1.82, 2.24) is 5.32 Å². The monoisotopic (exact) mass is 438 g/mol. The molecular weight excluding hydrogens is 412 g/mol. The number of allylic oxidation sites excluding steroid dienone is 3. The second-order valence-corrected chi connectivity index (χ2v) is 8.72. The number of halogens is 4. The standard InChI is InChI=1S/C23H26F4N2O2/c1-6-7-18-20(21(30)31-12-22(3,4)5)19(16(11-28)13(2)29-18)15-9-8-14(24)10-17(15)23(25,26)27/h8-10,19,29H,6-7,12H2,1-5H3. The van der Waals surface area contributed by atoms with Crippen LogP contribution in [-0.4, -0.2) is 12.6 Å². The Balaban J connectivity index is 2.76. The van der Waals surface area contributed by atoms with Crippen LogP contribution in [0.2, 0.25) is 0 Å². The van der Waals surface area contributed by atoms with Crippen molar-refractivity contribution in [3.63, 3.8) is 0 Å². The van der Waals surface area contributed by atoms with Gasteiger partial charge in [0.05, 0.1) is 35.3 Å². The third-order valence-electron chi connectivity index (χ3n) is 4.75. The molecule has 0 radical (unpaired) electrons. The lowest BCUT2D eigenvalue weighted by molar-refractivity contribution is -0.143. The second kappa shape index (κ2) is 9.13. The van der Waals surface area contributed by atoms with Crippen molar-refractivity contribution in [3.05, 3.63) is 57.7 Å². The smallest absolute Gasteiger partial charge is 0.416 e. The third-order valence-corrected chi connectivity index (χ3v) is 4.75. The van der Waals surface area contributed by atoms with Gasteiger partial charge >= 0.3 is 12.1 Å². The van der Waals surface area contributed by atoms with E-state index in [-0.39, 0.29) is 28.7 Å². The van der Waals surface area contributed by atoms with Gasteiger partial charge in [0.1, 0.15) is 5.82 Å². The van der Waals surface area contributed by atoms with Crippen molar-refractivity contribution >= 4 is 5.97 Å². The molecule has 1 N–H and O–H groups in total. The van der Waals surface area contributed by atoms with Gasteiger partial charge < -0.3 is 10.1 Å². The average Bonchev–Trinajstić information content (AvgIpc) is 2.64. The van der Waals surface area contributed by atoms with Gasteiger partial charge in [-0.15, -0.1) is 0 Å². The number of esters is 1. The first kappa shape index (κ1) is 24.4. The van der Waals surface area contributed by atoms with Gasteiger partial charge in [0, 0.05) is 11.4 Å². The van der Waals surface area contributed by atoms with E-state index in [9.17, 15) is 27.6 Å². The topological polar surface area (TPSA) is 62.1 Å². The van der Waals surface area contributed by atoms with Gasteiger partial charge in [-0.1, -0.05) is 40.2 Å². The highest BCUT2D eigenvalue weighted by Gasteiger charge is 2.42. The molecule has 0 fully saturated rings. The van der Waals surface area contributed by atoms with Gasteiger partial charge in [0.15, 0.2) is 0 Å². The van der Waals surface area contributed by atoms with E-state index >= 15 is 0 Å². The molecule has 0 spiro atoms. The summed E-state index contributed by atoms with van der Waals surface area (Å²) in [7, 11) is 0. The highest BCUT2D eigenvalue weighted by atomic mass is 19.4. The lowest BCUT2D eigenvalue weighted by Gasteiger charge is -2.31. The van der Waals surface area contributed by atoms with Gasteiger partial charge in [-0.05, 0) is 36.5 Å². The maximum absolute atomic E-state index is 13.8. The highest BCUT2D eigenvalue weighted by Crippen LogP contribution is 2.44. The molecule has 31 heavy (non-hydrogen) atoms. The predicted octanol–water partition coefficient (Wildman–Crippen LogP) is 5.97. The minimum Gasteiger partial charge on any atom is -0.462 e. The van der Waals surface area contributed by atoms with Gasteiger partial charge in [-0.2, -0.15) is 18.4 Å². The summed E-state index contributed by atoms with van der Waals surface area (Å²) in [5.41, 5.74) is -1.29. The Morgan fingerprint density at radius 3 is 2.42 bits per heavy atom. The third kappa shape index (κ3) is 5.66. The predicted molar refractivity (Wildman–Crippen MR) is 108 cm³/mol. The number of hydrogen-bond acceptors (Lipinski definition) is 4. The minimum atomic E-state index is -4.87. The van der Waals surface area contributed by atoms with Crippen LogP contribution in [0.5, 0.6) is 0 Å². The highest BCUT2D eigenvalue weighted by molar-refractivity contribution is 5.93. The van der Waals surface area contributed by atoms with Crippen molar-refractivity contribution in [2.24, 2.45) is 5.41 Å². The largest absolute Gasteiger partial charge is 0.462 e. The van der Waals surface area contributed by atoms with Crippen LogP contribution in [0.4, 0.5) is 17.6 Å². The SMILES string of the molecule is CCCC1=C(C(=O)OCC(C)(C)C)C(c2ccc(F)cc2C(F)(F)F)C(C#N)=C(C)N1. The summed E-state index contributed by atoms with van der Waals surface area (Å²) in [4.78, 5) is 13.1. The molecule has 0 saturated heterocycles. The van der Waals surface area contributed by atoms with Gasteiger partial charge in [0.2, 0.25) is 0 Å². The molecule has 0 saturated carbocycles. The molecule has 0 aromatic heterocycles. The van der Waals surface area contributed by atoms with Crippen molar-refractivity contribution in [1.29, 1.82) is 5.26 Å². The summed E-state index contributed by atoms with van der Waals surface area (Å²) < 4.78 is 60.5. The van der Waals surface area contributed by atoms with E-state index in [2.05, 4.69) is 5.32 Å². The number of alkyl halides is 3. The molecule has 8 heteroatoms. The minimum absolute atomic E-state index is 0.0420. The number of nitrogens with one attached hydrogen (secondary N) is 1. The zero-order valence-electron chi connectivity index (χ0n) is 18.2. The zero-order valence-corrected chi connectivity index (χ0v) is 18.2. The molecule has 1 aromatic carbocycles. The molecule has 1 heterocycles. The number of dihydropyridines is 1. The first-order valence-electron chi connectivity index (χ1n) is 9.94. The summed E-state index contributed by atoms with van der Waals surface area (Å²) >= 11 is 0. The molecule has 1 unspecified atom stereocenters. The molecule has 0 aliphatic carbocycles. The fraction of sp³-hybridized carbons (Fsp3) is 0.478. The Morgan fingerprint density at radius 1 is 1.26 bits per heavy atom. The molecule has 1 aromatic rings. The Kier molecular flexibility index (Phi) is 7.20. The van der Waals surface area contributed by atoms with Crippen LogP contribution < -0.4 is 5.32 Å². The number of nitriles is 1. The number of carbonyl (C=O) groups excluding carboxylic acids is 1. The summed E-state index contributed by atoms with van der Waals surface area (Å²) in [6.07, 6.45) is -3.90. The molecule has 1 atom stereocenters. The first-order valence-corrected chi connectivity index (χ1v) is 9.94. The maximum Gasteiger partial charge on any atom is 0.416 e. The first-order chi connectivity index (χ1) is 14.3. The van der Waals surface area contributed by atoms with Crippen LogP contribution in [0.25, 0.3) is 0 Å². The quantitative estimate of drug-likeness (QED) is 0.454. The lowest BCUT2D eigenvalue weighted by Crippen LogP contribution is -2.32. The summed E-state index contributed by atoms with van der Waals surface area (Å²) in [5.74, 6) is -3.18. The van der Waals surface area contributed by atoms with E-state index in [4.69, 9.17) is 4.74 Å². The van der Waals surface area contributed by atoms with E-state index in [1.54, 1.807) is 6.92 Å². The van der Waals surface area contributed by atoms with E-state index in [0.29, 0.717) is 30.3 Å². The van der Waals surface area contributed by atoms with Gasteiger partial charge in [0.25, 0.3) is 0 Å².